The first kappa shape index (κ1) is 13.6. The van der Waals surface area contributed by atoms with Gasteiger partial charge in [0.2, 0.25) is 5.91 Å². The molecular weight excluding hydrogens is 251 g/mol. The lowest BCUT2D eigenvalue weighted by molar-refractivity contribution is -0.159. The third-order valence-electron chi connectivity index (χ3n) is 2.65. The van der Waals surface area contributed by atoms with Gasteiger partial charge in [-0.2, -0.15) is 5.10 Å². The van der Waals surface area contributed by atoms with E-state index in [1.807, 2.05) is 0 Å². The lowest BCUT2D eigenvalue weighted by Gasteiger charge is -2.20. The maximum absolute atomic E-state index is 12.7. The molecule has 1 aromatic carbocycles. The number of halogens is 1. The third kappa shape index (κ3) is 4.11. The highest BCUT2D eigenvalue weighted by Crippen LogP contribution is 2.21. The molecule has 0 radical (unpaired) electrons. The molecule has 0 saturated carbocycles. The first-order valence-electron chi connectivity index (χ1n) is 5.93. The molecule has 0 unspecified atom stereocenters. The van der Waals surface area contributed by atoms with Gasteiger partial charge in [-0.15, -0.1) is 0 Å². The molecule has 0 atom stereocenters. The Kier molecular flexibility index (Phi) is 4.24. The second kappa shape index (κ2) is 5.90. The van der Waals surface area contributed by atoms with Crippen LogP contribution in [0.15, 0.2) is 29.4 Å². The summed E-state index contributed by atoms with van der Waals surface area (Å²) in [7, 11) is 0. The highest BCUT2D eigenvalue weighted by Gasteiger charge is 2.33. The Morgan fingerprint density at radius 2 is 2.05 bits per heavy atom. The van der Waals surface area contributed by atoms with Crippen LogP contribution >= 0.6 is 0 Å². The van der Waals surface area contributed by atoms with Crippen LogP contribution in [0.2, 0.25) is 0 Å². The molecule has 5 nitrogen and oxygen atoms in total. The largest absolute Gasteiger partial charge is 0.347 e. The molecule has 1 aliphatic rings. The molecule has 1 fully saturated rings. The number of hydrogen-bond acceptors (Lipinski definition) is 4. The molecule has 2 rings (SSSR count). The van der Waals surface area contributed by atoms with Crippen LogP contribution in [-0.2, 0) is 14.3 Å². The van der Waals surface area contributed by atoms with Crippen molar-refractivity contribution in [1.29, 1.82) is 0 Å². The summed E-state index contributed by atoms with van der Waals surface area (Å²) in [6, 6.07) is 5.78. The molecule has 1 N–H and O–H groups in total. The van der Waals surface area contributed by atoms with Crippen LogP contribution in [0.5, 0.6) is 0 Å². The van der Waals surface area contributed by atoms with E-state index in [1.165, 1.54) is 18.3 Å². The van der Waals surface area contributed by atoms with E-state index in [0.717, 1.165) is 0 Å². The first-order chi connectivity index (χ1) is 9.07. The highest BCUT2D eigenvalue weighted by atomic mass is 19.1. The fourth-order valence-electron chi connectivity index (χ4n) is 1.72. The van der Waals surface area contributed by atoms with Gasteiger partial charge in [0.05, 0.1) is 25.8 Å². The molecule has 6 heteroatoms. The van der Waals surface area contributed by atoms with Crippen LogP contribution in [0.3, 0.4) is 0 Å². The summed E-state index contributed by atoms with van der Waals surface area (Å²) >= 11 is 0. The second-order valence-electron chi connectivity index (χ2n) is 4.35. The molecule has 102 valence electrons. The van der Waals surface area contributed by atoms with Crippen LogP contribution in [0.4, 0.5) is 4.39 Å². The predicted molar refractivity (Wildman–Crippen MR) is 67.1 cm³/mol. The van der Waals surface area contributed by atoms with Crippen molar-refractivity contribution in [3.05, 3.63) is 35.6 Å². The standard InChI is InChI=1S/C13H15FN2O3/c1-13(18-6-7-19-13)8-12(17)16-15-9-10-2-4-11(14)5-3-10/h2-5,9H,6-8H2,1H3,(H,16,17)/b15-9-. The molecule has 0 aliphatic carbocycles. The quantitative estimate of drug-likeness (QED) is 0.662. The van der Waals surface area contributed by atoms with E-state index in [-0.39, 0.29) is 18.1 Å². The summed E-state index contributed by atoms with van der Waals surface area (Å²) in [5.74, 6) is -1.48. The molecule has 1 aromatic rings. The lowest BCUT2D eigenvalue weighted by atomic mass is 10.2. The van der Waals surface area contributed by atoms with E-state index >= 15 is 0 Å². The van der Waals surface area contributed by atoms with E-state index in [9.17, 15) is 9.18 Å². The van der Waals surface area contributed by atoms with E-state index < -0.39 is 5.79 Å². The smallest absolute Gasteiger partial charge is 0.245 e. The van der Waals surface area contributed by atoms with Crippen molar-refractivity contribution in [2.75, 3.05) is 13.2 Å². The fraction of sp³-hybridized carbons (Fsp3) is 0.385. The molecule has 0 spiro atoms. The van der Waals surface area contributed by atoms with Gasteiger partial charge in [-0.05, 0) is 24.6 Å². The minimum absolute atomic E-state index is 0.0771. The van der Waals surface area contributed by atoms with Crippen molar-refractivity contribution < 1.29 is 18.7 Å². The number of nitrogens with one attached hydrogen (secondary N) is 1. The predicted octanol–water partition coefficient (Wildman–Crippen LogP) is 1.43. The van der Waals surface area contributed by atoms with Gasteiger partial charge >= 0.3 is 0 Å². The first-order valence-corrected chi connectivity index (χ1v) is 5.93. The van der Waals surface area contributed by atoms with Gasteiger partial charge in [-0.1, -0.05) is 12.1 Å². The van der Waals surface area contributed by atoms with E-state index in [0.29, 0.717) is 18.8 Å². The molecule has 1 heterocycles. The van der Waals surface area contributed by atoms with E-state index in [1.54, 1.807) is 19.1 Å². The average Bonchev–Trinajstić information content (AvgIpc) is 2.78. The number of rotatable bonds is 4. The topological polar surface area (TPSA) is 59.9 Å². The normalized spacial score (nSPS) is 17.8. The maximum atomic E-state index is 12.7. The number of carbonyl (C=O) groups is 1. The Bertz CT molecular complexity index is 467. The monoisotopic (exact) mass is 266 g/mol. The van der Waals surface area contributed by atoms with Gasteiger partial charge in [0.15, 0.2) is 5.79 Å². The fourth-order valence-corrected chi connectivity index (χ4v) is 1.72. The maximum Gasteiger partial charge on any atom is 0.245 e. The number of ether oxygens (including phenoxy) is 2. The van der Waals surface area contributed by atoms with Gasteiger partial charge in [-0.25, -0.2) is 9.82 Å². The third-order valence-corrected chi connectivity index (χ3v) is 2.65. The summed E-state index contributed by atoms with van der Waals surface area (Å²) < 4.78 is 23.3. The van der Waals surface area contributed by atoms with Crippen LogP contribution in [0.25, 0.3) is 0 Å². The Morgan fingerprint density at radius 1 is 1.42 bits per heavy atom. The molecular formula is C13H15FN2O3. The Hall–Kier alpha value is -1.79. The summed E-state index contributed by atoms with van der Waals surface area (Å²) in [6.07, 6.45) is 1.52. The number of carbonyl (C=O) groups excluding carboxylic acids is 1. The number of amides is 1. The number of hydrazone groups is 1. The Morgan fingerprint density at radius 3 is 2.68 bits per heavy atom. The summed E-state index contributed by atoms with van der Waals surface area (Å²) in [5, 5.41) is 3.79. The Balaban J connectivity index is 1.81. The van der Waals surface area contributed by atoms with Gasteiger partial charge in [0.1, 0.15) is 5.82 Å². The van der Waals surface area contributed by atoms with Crippen LogP contribution < -0.4 is 5.43 Å². The van der Waals surface area contributed by atoms with Gasteiger partial charge < -0.3 is 9.47 Å². The summed E-state index contributed by atoms with van der Waals surface area (Å²) in [5.41, 5.74) is 3.07. The summed E-state index contributed by atoms with van der Waals surface area (Å²) in [6.45, 7) is 2.69. The number of benzene rings is 1. The molecule has 1 amide bonds. The zero-order valence-electron chi connectivity index (χ0n) is 10.6. The average molecular weight is 266 g/mol. The molecule has 0 aromatic heterocycles. The van der Waals surface area contributed by atoms with Crippen molar-refractivity contribution in [3.8, 4) is 0 Å². The van der Waals surface area contributed by atoms with Crippen molar-refractivity contribution >= 4 is 12.1 Å². The van der Waals surface area contributed by atoms with Crippen LogP contribution in [0, 0.1) is 5.82 Å². The van der Waals surface area contributed by atoms with Crippen molar-refractivity contribution in [2.24, 2.45) is 5.10 Å². The van der Waals surface area contributed by atoms with Gasteiger partial charge in [0, 0.05) is 0 Å². The van der Waals surface area contributed by atoms with Crippen molar-refractivity contribution in [1.82, 2.24) is 5.43 Å². The molecule has 1 aliphatic heterocycles. The van der Waals surface area contributed by atoms with Crippen LogP contribution in [0.1, 0.15) is 18.9 Å². The SMILES string of the molecule is CC1(CC(=O)N/N=C\c2ccc(F)cc2)OCCO1. The highest BCUT2D eigenvalue weighted by molar-refractivity contribution is 5.82. The zero-order valence-corrected chi connectivity index (χ0v) is 10.6. The van der Waals surface area contributed by atoms with Gasteiger partial charge in [-0.3, -0.25) is 4.79 Å². The molecule has 1 saturated heterocycles. The van der Waals surface area contributed by atoms with E-state index in [4.69, 9.17) is 9.47 Å². The Labute approximate surface area is 110 Å². The zero-order chi connectivity index (χ0) is 13.7. The lowest BCUT2D eigenvalue weighted by Crippen LogP contribution is -2.33. The molecule has 0 bridgehead atoms. The van der Waals surface area contributed by atoms with Crippen molar-refractivity contribution in [2.45, 2.75) is 19.1 Å². The molecule has 19 heavy (non-hydrogen) atoms. The summed E-state index contributed by atoms with van der Waals surface area (Å²) in [4.78, 5) is 11.6. The minimum atomic E-state index is -0.866. The van der Waals surface area contributed by atoms with Crippen LogP contribution in [-0.4, -0.2) is 31.1 Å². The van der Waals surface area contributed by atoms with Crippen molar-refractivity contribution in [3.63, 3.8) is 0 Å². The number of nitrogens with zero attached hydrogens (tertiary/aromatic N) is 1. The second-order valence-corrected chi connectivity index (χ2v) is 4.35. The number of hydrogen-bond donors (Lipinski definition) is 1. The minimum Gasteiger partial charge on any atom is -0.347 e. The van der Waals surface area contributed by atoms with E-state index in [2.05, 4.69) is 10.5 Å². The van der Waals surface area contributed by atoms with Gasteiger partial charge in [0.25, 0.3) is 0 Å².